The van der Waals surface area contributed by atoms with Crippen molar-refractivity contribution in [1.29, 1.82) is 0 Å². The molecule has 0 saturated heterocycles. The second kappa shape index (κ2) is 7.95. The largest absolute Gasteiger partial charge is 0.497 e. The van der Waals surface area contributed by atoms with Crippen molar-refractivity contribution in [1.82, 2.24) is 5.32 Å². The minimum atomic E-state index is -1.04. The minimum absolute atomic E-state index is 0.420. The molecular formula is C17H18N2O4. The van der Waals surface area contributed by atoms with E-state index in [1.54, 1.807) is 61.7 Å². The normalized spacial score (nSPS) is 11.4. The van der Waals surface area contributed by atoms with Gasteiger partial charge in [0.15, 0.2) is 0 Å². The van der Waals surface area contributed by atoms with Crippen LogP contribution in [0.15, 0.2) is 54.6 Å². The number of aliphatic hydroxyl groups excluding tert-OH is 1. The number of methoxy groups -OCH3 is 1. The predicted molar refractivity (Wildman–Crippen MR) is 86.4 cm³/mol. The van der Waals surface area contributed by atoms with Gasteiger partial charge in [0.1, 0.15) is 11.8 Å². The molecule has 23 heavy (non-hydrogen) atoms. The zero-order chi connectivity index (χ0) is 16.7. The highest BCUT2D eigenvalue weighted by Crippen LogP contribution is 2.15. The second-order valence-electron chi connectivity index (χ2n) is 4.79. The third-order valence-corrected chi connectivity index (χ3v) is 3.20. The zero-order valence-electron chi connectivity index (χ0n) is 12.7. The summed E-state index contributed by atoms with van der Waals surface area (Å²) < 4.78 is 5.03. The Hall–Kier alpha value is -2.86. The second-order valence-corrected chi connectivity index (χ2v) is 4.79. The molecule has 0 aliphatic heterocycles. The van der Waals surface area contributed by atoms with Gasteiger partial charge in [-0.1, -0.05) is 18.2 Å². The Balaban J connectivity index is 1.99. The van der Waals surface area contributed by atoms with Crippen LogP contribution in [-0.4, -0.2) is 36.7 Å². The fraction of sp³-hybridized carbons (Fsp3) is 0.176. The van der Waals surface area contributed by atoms with Crippen LogP contribution in [0.1, 0.15) is 10.4 Å². The van der Waals surface area contributed by atoms with Crippen molar-refractivity contribution in [3.63, 3.8) is 0 Å². The lowest BCUT2D eigenvalue weighted by atomic mass is 10.2. The van der Waals surface area contributed by atoms with Gasteiger partial charge in [-0.2, -0.15) is 0 Å². The van der Waals surface area contributed by atoms with E-state index in [-0.39, 0.29) is 0 Å². The molecule has 0 unspecified atom stereocenters. The summed E-state index contributed by atoms with van der Waals surface area (Å²) in [4.78, 5) is 24.2. The lowest BCUT2D eigenvalue weighted by Gasteiger charge is -2.16. The molecule has 0 bridgehead atoms. The predicted octanol–water partition coefficient (Wildman–Crippen LogP) is 1.42. The van der Waals surface area contributed by atoms with Crippen LogP contribution in [0.25, 0.3) is 0 Å². The van der Waals surface area contributed by atoms with Crippen molar-refractivity contribution in [2.45, 2.75) is 6.04 Å². The van der Waals surface area contributed by atoms with Crippen molar-refractivity contribution in [2.24, 2.45) is 0 Å². The van der Waals surface area contributed by atoms with Crippen LogP contribution < -0.4 is 15.4 Å². The minimum Gasteiger partial charge on any atom is -0.497 e. The van der Waals surface area contributed by atoms with Crippen LogP contribution >= 0.6 is 0 Å². The monoisotopic (exact) mass is 314 g/mol. The van der Waals surface area contributed by atoms with Crippen molar-refractivity contribution in [2.75, 3.05) is 19.0 Å². The first-order valence-electron chi connectivity index (χ1n) is 7.05. The lowest BCUT2D eigenvalue weighted by Crippen LogP contribution is -2.46. The number of benzene rings is 2. The van der Waals surface area contributed by atoms with E-state index >= 15 is 0 Å². The van der Waals surface area contributed by atoms with Crippen LogP contribution in [0.5, 0.6) is 5.75 Å². The molecular weight excluding hydrogens is 296 g/mol. The highest BCUT2D eigenvalue weighted by atomic mass is 16.5. The highest BCUT2D eigenvalue weighted by molar-refractivity contribution is 6.01. The van der Waals surface area contributed by atoms with E-state index in [1.165, 1.54) is 0 Å². The summed E-state index contributed by atoms with van der Waals surface area (Å²) in [5.41, 5.74) is 0.964. The van der Waals surface area contributed by atoms with Gasteiger partial charge < -0.3 is 20.5 Å². The Morgan fingerprint density at radius 2 is 1.74 bits per heavy atom. The summed E-state index contributed by atoms with van der Waals surface area (Å²) >= 11 is 0. The summed E-state index contributed by atoms with van der Waals surface area (Å²) in [6.45, 7) is -0.499. The maximum absolute atomic E-state index is 12.1. The van der Waals surface area contributed by atoms with E-state index < -0.39 is 24.5 Å². The molecule has 0 aromatic heterocycles. The van der Waals surface area contributed by atoms with Gasteiger partial charge in [-0.3, -0.25) is 9.59 Å². The van der Waals surface area contributed by atoms with Gasteiger partial charge in [-0.05, 0) is 36.4 Å². The first kappa shape index (κ1) is 16.5. The van der Waals surface area contributed by atoms with Gasteiger partial charge in [0.25, 0.3) is 5.91 Å². The Labute approximate surface area is 134 Å². The third kappa shape index (κ3) is 4.55. The van der Waals surface area contributed by atoms with Crippen LogP contribution in [-0.2, 0) is 4.79 Å². The summed E-state index contributed by atoms with van der Waals surface area (Å²) in [5.74, 6) is -0.254. The average Bonchev–Trinajstić information content (AvgIpc) is 2.60. The van der Waals surface area contributed by atoms with E-state index in [4.69, 9.17) is 4.74 Å². The third-order valence-electron chi connectivity index (χ3n) is 3.20. The number of hydrogen-bond donors (Lipinski definition) is 3. The topological polar surface area (TPSA) is 87.7 Å². The number of carbonyl (C=O) groups is 2. The number of nitrogens with one attached hydrogen (secondary N) is 2. The van der Waals surface area contributed by atoms with E-state index in [2.05, 4.69) is 10.6 Å². The molecule has 2 rings (SSSR count). The fourth-order valence-electron chi connectivity index (χ4n) is 1.93. The molecule has 0 heterocycles. The van der Waals surface area contributed by atoms with Crippen LogP contribution in [0.3, 0.4) is 0 Å². The Morgan fingerprint density at radius 3 is 2.30 bits per heavy atom. The van der Waals surface area contributed by atoms with Crippen LogP contribution in [0, 0.1) is 0 Å². The summed E-state index contributed by atoms with van der Waals surface area (Å²) in [7, 11) is 1.55. The van der Waals surface area contributed by atoms with Crippen molar-refractivity contribution in [3.8, 4) is 5.75 Å². The van der Waals surface area contributed by atoms with Crippen molar-refractivity contribution < 1.29 is 19.4 Å². The van der Waals surface area contributed by atoms with E-state index in [9.17, 15) is 14.7 Å². The first-order chi connectivity index (χ1) is 11.1. The molecule has 3 N–H and O–H groups in total. The van der Waals surface area contributed by atoms with Gasteiger partial charge in [0.2, 0.25) is 5.91 Å². The molecule has 6 heteroatoms. The Morgan fingerprint density at radius 1 is 1.09 bits per heavy atom. The lowest BCUT2D eigenvalue weighted by molar-refractivity contribution is -0.118. The molecule has 120 valence electrons. The van der Waals surface area contributed by atoms with Gasteiger partial charge in [-0.15, -0.1) is 0 Å². The summed E-state index contributed by atoms with van der Waals surface area (Å²) in [6.07, 6.45) is 0. The van der Waals surface area contributed by atoms with Crippen LogP contribution in [0.4, 0.5) is 5.69 Å². The molecule has 2 aromatic carbocycles. The maximum atomic E-state index is 12.1. The van der Waals surface area contributed by atoms with Gasteiger partial charge in [0, 0.05) is 11.3 Å². The SMILES string of the molecule is COc1ccc(NC(=O)[C@H](CO)NC(=O)c2ccccc2)cc1. The van der Waals surface area contributed by atoms with Crippen LogP contribution in [0.2, 0.25) is 0 Å². The molecule has 0 spiro atoms. The maximum Gasteiger partial charge on any atom is 0.251 e. The van der Waals surface area contributed by atoms with E-state index in [0.29, 0.717) is 17.0 Å². The Bertz CT molecular complexity index is 656. The smallest absolute Gasteiger partial charge is 0.251 e. The number of anilines is 1. The number of carbonyl (C=O) groups excluding carboxylic acids is 2. The average molecular weight is 314 g/mol. The quantitative estimate of drug-likeness (QED) is 0.752. The van der Waals surface area contributed by atoms with E-state index in [0.717, 1.165) is 0 Å². The number of ether oxygens (including phenoxy) is 1. The number of rotatable bonds is 6. The van der Waals surface area contributed by atoms with E-state index in [1.807, 2.05) is 0 Å². The highest BCUT2D eigenvalue weighted by Gasteiger charge is 2.20. The Kier molecular flexibility index (Phi) is 5.71. The molecule has 6 nitrogen and oxygen atoms in total. The molecule has 0 aliphatic rings. The number of hydrogen-bond acceptors (Lipinski definition) is 4. The molecule has 0 saturated carbocycles. The molecule has 0 radical (unpaired) electrons. The summed E-state index contributed by atoms with van der Waals surface area (Å²) in [6, 6.07) is 14.2. The van der Waals surface area contributed by atoms with Gasteiger partial charge in [-0.25, -0.2) is 0 Å². The molecule has 1 atom stereocenters. The molecule has 0 aliphatic carbocycles. The number of aliphatic hydroxyl groups is 1. The van der Waals surface area contributed by atoms with Gasteiger partial charge >= 0.3 is 0 Å². The summed E-state index contributed by atoms with van der Waals surface area (Å²) in [5, 5.41) is 14.5. The molecule has 2 amide bonds. The molecule has 0 fully saturated rings. The van der Waals surface area contributed by atoms with Crippen molar-refractivity contribution >= 4 is 17.5 Å². The first-order valence-corrected chi connectivity index (χ1v) is 7.05. The standard InChI is InChI=1S/C17H18N2O4/c1-23-14-9-7-13(8-10-14)18-17(22)15(11-20)19-16(21)12-5-3-2-4-6-12/h2-10,15,20H,11H2,1H3,(H,18,22)(H,19,21)/t15-/m0/s1. The van der Waals surface area contributed by atoms with Crippen molar-refractivity contribution in [3.05, 3.63) is 60.2 Å². The zero-order valence-corrected chi connectivity index (χ0v) is 12.7. The number of amides is 2. The molecule has 2 aromatic rings. The van der Waals surface area contributed by atoms with Gasteiger partial charge in [0.05, 0.1) is 13.7 Å². The fourth-order valence-corrected chi connectivity index (χ4v) is 1.93.